The van der Waals surface area contributed by atoms with E-state index in [1.165, 1.54) is 11.1 Å². The van der Waals surface area contributed by atoms with Gasteiger partial charge in [0.1, 0.15) is 0 Å². The number of likely N-dealkylation sites (tertiary alicyclic amines) is 1. The Hall–Kier alpha value is -2.62. The van der Waals surface area contributed by atoms with Gasteiger partial charge in [-0.1, -0.05) is 48.0 Å². The van der Waals surface area contributed by atoms with Crippen LogP contribution in [0.25, 0.3) is 0 Å². The molecule has 4 heteroatoms. The van der Waals surface area contributed by atoms with E-state index >= 15 is 0 Å². The van der Waals surface area contributed by atoms with Gasteiger partial charge in [-0.2, -0.15) is 0 Å². The maximum atomic E-state index is 12.8. The van der Waals surface area contributed by atoms with Crippen LogP contribution >= 0.6 is 0 Å². The zero-order valence-electron chi connectivity index (χ0n) is 15.4. The molecule has 1 N–H and O–H groups in total. The Bertz CT molecular complexity index is 755. The topological polar surface area (TPSA) is 49.4 Å². The highest BCUT2D eigenvalue weighted by Gasteiger charge is 2.30. The van der Waals surface area contributed by atoms with Crippen LogP contribution in [0.1, 0.15) is 53.7 Å². The average Bonchev–Trinajstić information content (AvgIpc) is 3.13. The number of hydrogen-bond acceptors (Lipinski definition) is 2. The van der Waals surface area contributed by atoms with Crippen molar-refractivity contribution in [2.75, 3.05) is 6.54 Å². The third-order valence-corrected chi connectivity index (χ3v) is 4.93. The molecule has 1 aliphatic rings. The Labute approximate surface area is 155 Å². The highest BCUT2D eigenvalue weighted by molar-refractivity contribution is 5.94. The summed E-state index contributed by atoms with van der Waals surface area (Å²) in [5.41, 5.74) is 3.04. The van der Waals surface area contributed by atoms with Crippen LogP contribution in [0, 0.1) is 6.92 Å². The van der Waals surface area contributed by atoms with Crippen LogP contribution in [0.3, 0.4) is 0 Å². The van der Waals surface area contributed by atoms with E-state index in [1.54, 1.807) is 12.1 Å². The van der Waals surface area contributed by atoms with Gasteiger partial charge in [0.2, 0.25) is 5.91 Å². The van der Waals surface area contributed by atoms with Crippen molar-refractivity contribution < 1.29 is 9.59 Å². The molecule has 136 valence electrons. The van der Waals surface area contributed by atoms with Crippen LogP contribution in [0.2, 0.25) is 0 Å². The van der Waals surface area contributed by atoms with E-state index in [9.17, 15) is 9.59 Å². The van der Waals surface area contributed by atoms with Crippen LogP contribution in [-0.2, 0) is 4.79 Å². The Morgan fingerprint density at radius 2 is 1.81 bits per heavy atom. The van der Waals surface area contributed by atoms with Gasteiger partial charge in [-0.05, 0) is 44.4 Å². The largest absolute Gasteiger partial charge is 0.349 e. The van der Waals surface area contributed by atoms with Crippen molar-refractivity contribution >= 4 is 11.8 Å². The van der Waals surface area contributed by atoms with Gasteiger partial charge in [0.05, 0.1) is 6.04 Å². The minimum Gasteiger partial charge on any atom is -0.349 e. The van der Waals surface area contributed by atoms with Gasteiger partial charge < -0.3 is 10.2 Å². The normalized spacial score (nSPS) is 17.8. The molecule has 0 radical (unpaired) electrons. The van der Waals surface area contributed by atoms with Gasteiger partial charge >= 0.3 is 0 Å². The quantitative estimate of drug-likeness (QED) is 0.890. The summed E-state index contributed by atoms with van der Waals surface area (Å²) in [4.78, 5) is 27.0. The number of carbonyl (C=O) groups excluding carboxylic acids is 2. The number of hydrogen-bond donors (Lipinski definition) is 1. The van der Waals surface area contributed by atoms with E-state index in [-0.39, 0.29) is 23.9 Å². The molecule has 3 rings (SSSR count). The molecule has 0 saturated carbocycles. The lowest BCUT2D eigenvalue weighted by Gasteiger charge is -2.27. The van der Waals surface area contributed by atoms with Crippen molar-refractivity contribution in [1.29, 1.82) is 0 Å². The Balaban J connectivity index is 1.59. The first-order chi connectivity index (χ1) is 12.5. The maximum absolute atomic E-state index is 12.8. The van der Waals surface area contributed by atoms with E-state index < -0.39 is 0 Å². The molecule has 2 atom stereocenters. The predicted molar refractivity (Wildman–Crippen MR) is 103 cm³/mol. The molecule has 0 spiro atoms. The molecule has 4 nitrogen and oxygen atoms in total. The fourth-order valence-electron chi connectivity index (χ4n) is 3.53. The summed E-state index contributed by atoms with van der Waals surface area (Å²) in [6, 6.07) is 17.5. The van der Waals surface area contributed by atoms with Crippen LogP contribution in [-0.4, -0.2) is 29.3 Å². The van der Waals surface area contributed by atoms with Gasteiger partial charge in [-0.3, -0.25) is 9.59 Å². The first-order valence-electron chi connectivity index (χ1n) is 9.26. The standard InChI is InChI=1S/C22H26N2O2/c1-16-10-12-18(13-11-16)20-9-6-14-24(20)21(25)15-17(2)23-22(26)19-7-4-3-5-8-19/h3-5,7-8,10-13,17,20H,6,9,14-15H2,1-2H3,(H,23,26). The van der Waals surface area contributed by atoms with Gasteiger partial charge in [0.15, 0.2) is 0 Å². The third-order valence-electron chi connectivity index (χ3n) is 4.93. The summed E-state index contributed by atoms with van der Waals surface area (Å²) in [7, 11) is 0. The highest BCUT2D eigenvalue weighted by atomic mass is 16.2. The number of nitrogens with zero attached hydrogens (tertiary/aromatic N) is 1. The fraction of sp³-hybridized carbons (Fsp3) is 0.364. The minimum absolute atomic E-state index is 0.105. The van der Waals surface area contributed by atoms with E-state index in [0.717, 1.165) is 19.4 Å². The summed E-state index contributed by atoms with van der Waals surface area (Å²) in [6.45, 7) is 4.74. The second kappa shape index (κ2) is 8.17. The summed E-state index contributed by atoms with van der Waals surface area (Å²) in [5.74, 6) is -0.0312. The second-order valence-electron chi connectivity index (χ2n) is 7.10. The first-order valence-corrected chi connectivity index (χ1v) is 9.26. The Morgan fingerprint density at radius 3 is 2.50 bits per heavy atom. The molecule has 1 fully saturated rings. The van der Waals surface area contributed by atoms with Gasteiger partial charge in [-0.15, -0.1) is 0 Å². The van der Waals surface area contributed by atoms with Crippen molar-refractivity contribution in [3.05, 3.63) is 71.3 Å². The summed E-state index contributed by atoms with van der Waals surface area (Å²) < 4.78 is 0. The number of amides is 2. The molecule has 2 aromatic rings. The van der Waals surface area contributed by atoms with Crippen LogP contribution < -0.4 is 5.32 Å². The third kappa shape index (κ3) is 4.31. The molecular weight excluding hydrogens is 324 g/mol. The Morgan fingerprint density at radius 1 is 1.12 bits per heavy atom. The lowest BCUT2D eigenvalue weighted by Crippen LogP contribution is -2.39. The first kappa shape index (κ1) is 18.2. The van der Waals surface area contributed by atoms with Crippen molar-refractivity contribution in [3.63, 3.8) is 0 Å². The van der Waals surface area contributed by atoms with E-state index in [0.29, 0.717) is 12.0 Å². The number of rotatable bonds is 5. The van der Waals surface area contributed by atoms with Gasteiger partial charge in [0, 0.05) is 24.6 Å². The maximum Gasteiger partial charge on any atom is 0.251 e. The van der Waals surface area contributed by atoms with E-state index in [4.69, 9.17) is 0 Å². The highest BCUT2D eigenvalue weighted by Crippen LogP contribution is 2.32. The molecule has 1 aliphatic heterocycles. The van der Waals surface area contributed by atoms with Gasteiger partial charge in [-0.25, -0.2) is 0 Å². The minimum atomic E-state index is -0.200. The predicted octanol–water partition coefficient (Wildman–Crippen LogP) is 3.87. The number of nitrogens with one attached hydrogen (secondary N) is 1. The molecule has 26 heavy (non-hydrogen) atoms. The second-order valence-corrected chi connectivity index (χ2v) is 7.10. The monoisotopic (exact) mass is 350 g/mol. The molecular formula is C22H26N2O2. The van der Waals surface area contributed by atoms with Crippen molar-refractivity contribution in [3.8, 4) is 0 Å². The number of aryl methyl sites for hydroxylation is 1. The van der Waals surface area contributed by atoms with Gasteiger partial charge in [0.25, 0.3) is 5.91 Å². The molecule has 0 bridgehead atoms. The smallest absolute Gasteiger partial charge is 0.251 e. The zero-order valence-corrected chi connectivity index (χ0v) is 15.4. The summed E-state index contributed by atoms with van der Waals surface area (Å²) >= 11 is 0. The number of benzene rings is 2. The molecule has 2 unspecified atom stereocenters. The van der Waals surface area contributed by atoms with Crippen molar-refractivity contribution in [2.24, 2.45) is 0 Å². The van der Waals surface area contributed by atoms with Crippen LogP contribution in [0.4, 0.5) is 0 Å². The van der Waals surface area contributed by atoms with Crippen molar-refractivity contribution in [1.82, 2.24) is 10.2 Å². The molecule has 0 aromatic heterocycles. The average molecular weight is 350 g/mol. The van der Waals surface area contributed by atoms with Crippen LogP contribution in [0.15, 0.2) is 54.6 Å². The van der Waals surface area contributed by atoms with Crippen LogP contribution in [0.5, 0.6) is 0 Å². The zero-order chi connectivity index (χ0) is 18.5. The lowest BCUT2D eigenvalue weighted by molar-refractivity contribution is -0.132. The lowest BCUT2D eigenvalue weighted by atomic mass is 10.0. The summed E-state index contributed by atoms with van der Waals surface area (Å²) in [6.07, 6.45) is 2.34. The van der Waals surface area contributed by atoms with E-state index in [1.807, 2.05) is 30.0 Å². The molecule has 0 aliphatic carbocycles. The number of carbonyl (C=O) groups is 2. The molecule has 1 saturated heterocycles. The summed E-state index contributed by atoms with van der Waals surface area (Å²) in [5, 5.41) is 2.93. The molecule has 2 amide bonds. The fourth-order valence-corrected chi connectivity index (χ4v) is 3.53. The Kier molecular flexibility index (Phi) is 5.71. The van der Waals surface area contributed by atoms with Crippen molar-refractivity contribution in [2.45, 2.75) is 45.2 Å². The SMILES string of the molecule is Cc1ccc(C2CCCN2C(=O)CC(C)NC(=O)c2ccccc2)cc1. The molecule has 2 aromatic carbocycles. The van der Waals surface area contributed by atoms with E-state index in [2.05, 4.69) is 36.5 Å². The molecule has 1 heterocycles.